The molecular weight excluding hydrogens is 522 g/mol. The van der Waals surface area contributed by atoms with E-state index in [4.69, 9.17) is 4.98 Å². The number of nitrogens with one attached hydrogen (secondary N) is 1. The zero-order chi connectivity index (χ0) is 24.8. The topological polar surface area (TPSA) is 99.8 Å². The van der Waals surface area contributed by atoms with Crippen LogP contribution in [-0.4, -0.2) is 55.4 Å². The average Bonchev–Trinajstić information content (AvgIpc) is 3.44. The lowest BCUT2D eigenvalue weighted by molar-refractivity contribution is -0.133. The standard InChI is InChI=1S/C27H24BrN5O3/c28-21-15-29-33-25(14-22(31-26(21)33)19-7-3-4-8-23(19)34)30-16-9-11-32(12-10-16)27(36)20-13-24(35)18-6-2-1-5-17(18)20/h1-8,14-16,20,30,34H,9-13H2. The van der Waals surface area contributed by atoms with Gasteiger partial charge in [-0.3, -0.25) is 9.59 Å². The minimum absolute atomic E-state index is 0.0379. The Bertz CT molecular complexity index is 1490. The maximum atomic E-state index is 13.3. The number of piperidine rings is 1. The maximum Gasteiger partial charge on any atom is 0.230 e. The zero-order valence-corrected chi connectivity index (χ0v) is 21.0. The molecule has 0 spiro atoms. The molecule has 4 aromatic rings. The van der Waals surface area contributed by atoms with Crippen molar-refractivity contribution >= 4 is 39.1 Å². The number of benzene rings is 2. The number of nitrogens with zero attached hydrogens (tertiary/aromatic N) is 4. The van der Waals surface area contributed by atoms with Crippen LogP contribution in [0, 0.1) is 0 Å². The number of phenolic OH excluding ortho intramolecular Hbond substituents is 1. The second-order valence-corrected chi connectivity index (χ2v) is 10.1. The Morgan fingerprint density at radius 2 is 1.78 bits per heavy atom. The number of aromatic nitrogens is 3. The molecule has 9 heteroatoms. The first kappa shape index (κ1) is 22.7. The summed E-state index contributed by atoms with van der Waals surface area (Å²) in [6.45, 7) is 1.24. The number of rotatable bonds is 4. The van der Waals surface area contributed by atoms with Gasteiger partial charge in [-0.2, -0.15) is 9.61 Å². The van der Waals surface area contributed by atoms with Crippen LogP contribution in [0.15, 0.2) is 65.3 Å². The molecule has 1 saturated heterocycles. The number of para-hydroxylation sites is 1. The van der Waals surface area contributed by atoms with Crippen molar-refractivity contribution in [2.75, 3.05) is 18.4 Å². The third-order valence-corrected chi connectivity index (χ3v) is 7.65. The van der Waals surface area contributed by atoms with Crippen molar-refractivity contribution in [3.05, 3.63) is 76.4 Å². The van der Waals surface area contributed by atoms with E-state index >= 15 is 0 Å². The van der Waals surface area contributed by atoms with E-state index in [9.17, 15) is 14.7 Å². The number of anilines is 1. The fourth-order valence-corrected chi connectivity index (χ4v) is 5.57. The van der Waals surface area contributed by atoms with Crippen molar-refractivity contribution in [1.82, 2.24) is 19.5 Å². The number of Topliss-reactive ketones (excluding diaryl/α,β-unsaturated/α-hetero) is 1. The van der Waals surface area contributed by atoms with Crippen LogP contribution >= 0.6 is 15.9 Å². The molecule has 1 aliphatic carbocycles. The summed E-state index contributed by atoms with van der Waals surface area (Å²) in [6, 6.07) is 16.6. The van der Waals surface area contributed by atoms with E-state index in [1.165, 1.54) is 0 Å². The molecule has 1 aliphatic heterocycles. The molecule has 1 fully saturated rings. The Balaban J connectivity index is 1.19. The Kier molecular flexibility index (Phi) is 5.72. The Morgan fingerprint density at radius 1 is 1.06 bits per heavy atom. The van der Waals surface area contributed by atoms with Crippen molar-refractivity contribution < 1.29 is 14.7 Å². The van der Waals surface area contributed by atoms with Crippen LogP contribution < -0.4 is 5.32 Å². The van der Waals surface area contributed by atoms with Gasteiger partial charge in [0.2, 0.25) is 5.91 Å². The highest BCUT2D eigenvalue weighted by molar-refractivity contribution is 9.10. The van der Waals surface area contributed by atoms with Gasteiger partial charge in [-0.25, -0.2) is 4.98 Å². The third-order valence-electron chi connectivity index (χ3n) is 7.09. The molecule has 2 aromatic heterocycles. The highest BCUT2D eigenvalue weighted by Crippen LogP contribution is 2.35. The molecule has 0 radical (unpaired) electrons. The Hall–Kier alpha value is -3.72. The van der Waals surface area contributed by atoms with Gasteiger partial charge in [0, 0.05) is 42.7 Å². The molecule has 182 valence electrons. The van der Waals surface area contributed by atoms with Gasteiger partial charge >= 0.3 is 0 Å². The number of carbonyl (C=O) groups is 2. The molecule has 2 N–H and O–H groups in total. The second kappa shape index (κ2) is 9.05. The average molecular weight is 546 g/mol. The zero-order valence-electron chi connectivity index (χ0n) is 19.4. The predicted molar refractivity (Wildman–Crippen MR) is 139 cm³/mol. The molecule has 36 heavy (non-hydrogen) atoms. The van der Waals surface area contributed by atoms with Crippen molar-refractivity contribution in [3.63, 3.8) is 0 Å². The number of hydrogen-bond acceptors (Lipinski definition) is 6. The number of hydrogen-bond donors (Lipinski definition) is 2. The molecule has 8 nitrogen and oxygen atoms in total. The molecular formula is C27H24BrN5O3. The lowest BCUT2D eigenvalue weighted by atomic mass is 9.97. The molecule has 1 unspecified atom stereocenters. The Labute approximate surface area is 216 Å². The van der Waals surface area contributed by atoms with Crippen LogP contribution in [0.5, 0.6) is 5.75 Å². The summed E-state index contributed by atoms with van der Waals surface area (Å²) in [7, 11) is 0. The summed E-state index contributed by atoms with van der Waals surface area (Å²) in [5, 5.41) is 18.4. The summed E-state index contributed by atoms with van der Waals surface area (Å²) in [5.74, 6) is 0.642. The number of phenols is 1. The van der Waals surface area contributed by atoms with Crippen LogP contribution in [-0.2, 0) is 4.79 Å². The van der Waals surface area contributed by atoms with E-state index in [2.05, 4.69) is 26.3 Å². The number of carbonyl (C=O) groups excluding carboxylic acids is 2. The number of ketones is 1. The van der Waals surface area contributed by atoms with Gasteiger partial charge < -0.3 is 15.3 Å². The van der Waals surface area contributed by atoms with E-state index in [1.54, 1.807) is 22.8 Å². The summed E-state index contributed by atoms with van der Waals surface area (Å²) in [5.41, 5.74) is 3.47. The predicted octanol–water partition coefficient (Wildman–Crippen LogP) is 4.64. The lowest BCUT2D eigenvalue weighted by Crippen LogP contribution is -2.44. The minimum Gasteiger partial charge on any atom is -0.507 e. The third kappa shape index (κ3) is 3.93. The summed E-state index contributed by atoms with van der Waals surface area (Å²) >= 11 is 3.52. The number of aromatic hydroxyl groups is 1. The fourth-order valence-electron chi connectivity index (χ4n) is 5.22. The molecule has 6 rings (SSSR count). The van der Waals surface area contributed by atoms with Gasteiger partial charge in [0.15, 0.2) is 11.4 Å². The van der Waals surface area contributed by atoms with Gasteiger partial charge in [0.05, 0.1) is 22.3 Å². The van der Waals surface area contributed by atoms with Gasteiger partial charge in [-0.05, 0) is 46.5 Å². The number of halogens is 1. The minimum atomic E-state index is -0.374. The quantitative estimate of drug-likeness (QED) is 0.387. The molecule has 0 saturated carbocycles. The molecule has 2 aliphatic rings. The molecule has 1 atom stereocenters. The number of amides is 1. The van der Waals surface area contributed by atoms with Crippen molar-refractivity contribution in [1.29, 1.82) is 0 Å². The van der Waals surface area contributed by atoms with Crippen LogP contribution in [0.2, 0.25) is 0 Å². The highest BCUT2D eigenvalue weighted by atomic mass is 79.9. The van der Waals surface area contributed by atoms with Gasteiger partial charge in [0.1, 0.15) is 11.6 Å². The lowest BCUT2D eigenvalue weighted by Gasteiger charge is -2.34. The van der Waals surface area contributed by atoms with Crippen LogP contribution in [0.4, 0.5) is 5.82 Å². The summed E-state index contributed by atoms with van der Waals surface area (Å²) in [6.07, 6.45) is 3.50. The van der Waals surface area contributed by atoms with E-state index in [-0.39, 0.29) is 35.8 Å². The Morgan fingerprint density at radius 3 is 2.56 bits per heavy atom. The molecule has 2 aromatic carbocycles. The molecule has 1 amide bonds. The van der Waals surface area contributed by atoms with Gasteiger partial charge in [-0.15, -0.1) is 0 Å². The smallest absolute Gasteiger partial charge is 0.230 e. The number of likely N-dealkylation sites (tertiary alicyclic amines) is 1. The normalized spacial score (nSPS) is 18.0. The summed E-state index contributed by atoms with van der Waals surface area (Å²) < 4.78 is 2.50. The van der Waals surface area contributed by atoms with Crippen molar-refractivity contribution in [3.8, 4) is 17.0 Å². The summed E-state index contributed by atoms with van der Waals surface area (Å²) in [4.78, 5) is 32.2. The first-order chi connectivity index (χ1) is 17.5. The van der Waals surface area contributed by atoms with Crippen LogP contribution in [0.25, 0.3) is 16.9 Å². The second-order valence-electron chi connectivity index (χ2n) is 9.28. The van der Waals surface area contributed by atoms with Crippen LogP contribution in [0.1, 0.15) is 41.1 Å². The van der Waals surface area contributed by atoms with Gasteiger partial charge in [-0.1, -0.05) is 36.4 Å². The number of fused-ring (bicyclic) bond motifs is 2. The SMILES string of the molecule is O=C1CC(C(=O)N2CCC(Nc3cc(-c4ccccc4O)nc4c(Br)cnn34)CC2)c2ccccc21. The molecule has 0 bridgehead atoms. The van der Waals surface area contributed by atoms with E-state index < -0.39 is 0 Å². The van der Waals surface area contributed by atoms with E-state index in [0.29, 0.717) is 35.6 Å². The monoisotopic (exact) mass is 545 g/mol. The van der Waals surface area contributed by atoms with Crippen LogP contribution in [0.3, 0.4) is 0 Å². The van der Waals surface area contributed by atoms with E-state index in [0.717, 1.165) is 28.7 Å². The van der Waals surface area contributed by atoms with Gasteiger partial charge in [0.25, 0.3) is 0 Å². The highest BCUT2D eigenvalue weighted by Gasteiger charge is 2.37. The maximum absolute atomic E-state index is 13.3. The largest absolute Gasteiger partial charge is 0.507 e. The van der Waals surface area contributed by atoms with Crippen molar-refractivity contribution in [2.24, 2.45) is 0 Å². The fraction of sp³-hybridized carbons (Fsp3) is 0.259. The first-order valence-corrected chi connectivity index (χ1v) is 12.8. The first-order valence-electron chi connectivity index (χ1n) is 12.0. The van der Waals surface area contributed by atoms with Crippen molar-refractivity contribution in [2.45, 2.75) is 31.2 Å². The van der Waals surface area contributed by atoms with E-state index in [1.807, 2.05) is 47.4 Å². The molecule has 3 heterocycles.